The molecule has 2 aromatic heterocycles. The van der Waals surface area contributed by atoms with Crippen LogP contribution in [-0.2, 0) is 0 Å². The van der Waals surface area contributed by atoms with E-state index in [0.29, 0.717) is 0 Å². The molecule has 2 rings (SSSR count). The second-order valence-electron chi connectivity index (χ2n) is 1.89. The van der Waals surface area contributed by atoms with Crippen LogP contribution in [-0.4, -0.2) is 14.6 Å². The lowest BCUT2D eigenvalue weighted by Crippen LogP contribution is -1.88. The maximum atomic E-state index is 4.11. The van der Waals surface area contributed by atoms with Crippen LogP contribution in [0.2, 0.25) is 0 Å². The third-order valence-electron chi connectivity index (χ3n) is 1.22. The Hall–Kier alpha value is -0.420. The molecule has 0 atom stereocenters. The summed E-state index contributed by atoms with van der Waals surface area (Å²) in [6.45, 7) is 0. The van der Waals surface area contributed by atoms with E-state index in [9.17, 15) is 0 Å². The Labute approximate surface area is 82.3 Å². The second kappa shape index (κ2) is 3.32. The molecule has 0 N–H and O–H groups in total. The van der Waals surface area contributed by atoms with Gasteiger partial charge < -0.3 is 0 Å². The lowest BCUT2D eigenvalue weighted by atomic mass is 10.6. The number of halogens is 2. The zero-order valence-electron chi connectivity index (χ0n) is 5.44. The highest BCUT2D eigenvalue weighted by molar-refractivity contribution is 9.10. The van der Waals surface area contributed by atoms with Gasteiger partial charge in [0.25, 0.3) is 0 Å². The molecule has 0 aromatic carbocycles. The predicted octanol–water partition coefficient (Wildman–Crippen LogP) is 2.07. The first kappa shape index (κ1) is 8.67. The van der Waals surface area contributed by atoms with E-state index in [2.05, 4.69) is 26.0 Å². The van der Waals surface area contributed by atoms with Crippen molar-refractivity contribution in [1.29, 1.82) is 0 Å². The maximum Gasteiger partial charge on any atom is 0.153 e. The van der Waals surface area contributed by atoms with E-state index in [4.69, 9.17) is 0 Å². The topological polar surface area (TPSA) is 30.2 Å². The van der Waals surface area contributed by atoms with Crippen LogP contribution in [0.1, 0.15) is 0 Å². The van der Waals surface area contributed by atoms with Crippen LogP contribution in [0, 0.1) is 0 Å². The summed E-state index contributed by atoms with van der Waals surface area (Å²) in [6.07, 6.45) is 3.52. The Bertz CT molecular complexity index is 357. The van der Waals surface area contributed by atoms with Crippen molar-refractivity contribution >= 4 is 38.6 Å². The molecule has 0 aliphatic heterocycles. The van der Waals surface area contributed by atoms with Gasteiger partial charge in [-0.25, -0.2) is 9.50 Å². The number of nitrogens with zero attached hydrogens (tertiary/aromatic N) is 3. The fourth-order valence-electron chi connectivity index (χ4n) is 0.792. The van der Waals surface area contributed by atoms with E-state index in [0.717, 1.165) is 10.3 Å². The van der Waals surface area contributed by atoms with Crippen molar-refractivity contribution in [2.75, 3.05) is 0 Å². The summed E-state index contributed by atoms with van der Waals surface area (Å²) in [4.78, 5) is 4.04. The highest BCUT2D eigenvalue weighted by atomic mass is 79.9. The Kier molecular flexibility index (Phi) is 2.62. The quantitative estimate of drug-likeness (QED) is 0.739. The molecule has 11 heavy (non-hydrogen) atoms. The number of hydrogen-bond donors (Lipinski definition) is 0. The van der Waals surface area contributed by atoms with Gasteiger partial charge in [0.15, 0.2) is 5.65 Å². The first-order chi connectivity index (χ1) is 4.86. The minimum absolute atomic E-state index is 0. The van der Waals surface area contributed by atoms with Gasteiger partial charge in [0.1, 0.15) is 4.60 Å². The van der Waals surface area contributed by atoms with Crippen LogP contribution in [0.5, 0.6) is 0 Å². The van der Waals surface area contributed by atoms with Crippen LogP contribution in [0.3, 0.4) is 0 Å². The molecule has 0 saturated carbocycles. The molecular weight excluding hydrogens is 274 g/mol. The lowest BCUT2D eigenvalue weighted by molar-refractivity contribution is 0.916. The number of imidazole rings is 1. The third kappa shape index (κ3) is 1.59. The normalized spacial score (nSPS) is 9.55. The summed E-state index contributed by atoms with van der Waals surface area (Å²) in [5, 5.41) is 4.11. The lowest BCUT2D eigenvalue weighted by Gasteiger charge is -1.90. The molecule has 2 aromatic rings. The first-order valence-corrected chi connectivity index (χ1v) is 3.61. The zero-order chi connectivity index (χ0) is 6.97. The predicted molar refractivity (Wildman–Crippen MR) is 51.0 cm³/mol. The summed E-state index contributed by atoms with van der Waals surface area (Å²) >= 11 is 3.26. The molecular formula is C6H5Br2N3. The third-order valence-corrected chi connectivity index (χ3v) is 1.65. The minimum Gasteiger partial charge on any atom is -0.236 e. The largest absolute Gasteiger partial charge is 0.236 e. The molecule has 0 saturated heterocycles. The molecule has 58 valence electrons. The molecule has 3 nitrogen and oxygen atoms in total. The summed E-state index contributed by atoms with van der Waals surface area (Å²) < 4.78 is 2.53. The molecule has 0 spiro atoms. The SMILES string of the molecule is Br.Brc1ccc2nccn2n1. The number of fused-ring (bicyclic) bond motifs is 1. The van der Waals surface area contributed by atoms with E-state index >= 15 is 0 Å². The Morgan fingerprint density at radius 2 is 2.18 bits per heavy atom. The summed E-state index contributed by atoms with van der Waals surface area (Å²) in [5.41, 5.74) is 0.864. The molecule has 0 aliphatic rings. The van der Waals surface area contributed by atoms with Crippen molar-refractivity contribution < 1.29 is 0 Å². The van der Waals surface area contributed by atoms with Gasteiger partial charge in [0, 0.05) is 12.4 Å². The molecule has 0 radical (unpaired) electrons. The monoisotopic (exact) mass is 277 g/mol. The van der Waals surface area contributed by atoms with Crippen LogP contribution in [0.15, 0.2) is 29.1 Å². The average Bonchev–Trinajstić information content (AvgIpc) is 2.33. The van der Waals surface area contributed by atoms with E-state index in [1.807, 2.05) is 12.1 Å². The number of hydrogen-bond acceptors (Lipinski definition) is 2. The van der Waals surface area contributed by atoms with Gasteiger partial charge in [-0.05, 0) is 28.1 Å². The summed E-state index contributed by atoms with van der Waals surface area (Å²) in [5.74, 6) is 0. The van der Waals surface area contributed by atoms with E-state index in [1.165, 1.54) is 0 Å². The fourth-order valence-corrected chi connectivity index (χ4v) is 1.09. The fraction of sp³-hybridized carbons (Fsp3) is 0. The zero-order valence-corrected chi connectivity index (χ0v) is 8.74. The standard InChI is InChI=1S/C6H4BrN3.BrH/c7-5-1-2-6-8-3-4-10(6)9-5;/h1-4H;1H. The van der Waals surface area contributed by atoms with Crippen LogP contribution in [0.25, 0.3) is 5.65 Å². The van der Waals surface area contributed by atoms with Crippen LogP contribution in [0.4, 0.5) is 0 Å². The van der Waals surface area contributed by atoms with Gasteiger partial charge >= 0.3 is 0 Å². The van der Waals surface area contributed by atoms with Crippen molar-refractivity contribution in [3.63, 3.8) is 0 Å². The van der Waals surface area contributed by atoms with Gasteiger partial charge in [-0.1, -0.05) is 0 Å². The molecule has 0 bridgehead atoms. The van der Waals surface area contributed by atoms with E-state index in [-0.39, 0.29) is 17.0 Å². The minimum atomic E-state index is 0. The molecule has 0 fully saturated rings. The van der Waals surface area contributed by atoms with Crippen molar-refractivity contribution in [2.24, 2.45) is 0 Å². The molecule has 0 unspecified atom stereocenters. The molecule has 0 aliphatic carbocycles. The summed E-state index contributed by atoms with van der Waals surface area (Å²) in [6, 6.07) is 3.76. The summed E-state index contributed by atoms with van der Waals surface area (Å²) in [7, 11) is 0. The maximum absolute atomic E-state index is 4.11. The van der Waals surface area contributed by atoms with E-state index < -0.39 is 0 Å². The van der Waals surface area contributed by atoms with Crippen molar-refractivity contribution in [3.8, 4) is 0 Å². The highest BCUT2D eigenvalue weighted by Crippen LogP contribution is 2.05. The molecule has 5 heteroatoms. The van der Waals surface area contributed by atoms with Crippen molar-refractivity contribution in [2.45, 2.75) is 0 Å². The highest BCUT2D eigenvalue weighted by Gasteiger charge is 1.92. The van der Waals surface area contributed by atoms with Gasteiger partial charge in [0.05, 0.1) is 0 Å². The Morgan fingerprint density at radius 1 is 1.36 bits per heavy atom. The van der Waals surface area contributed by atoms with E-state index in [1.54, 1.807) is 16.9 Å². The second-order valence-corrected chi connectivity index (χ2v) is 2.70. The first-order valence-electron chi connectivity index (χ1n) is 2.82. The van der Waals surface area contributed by atoms with Crippen LogP contribution < -0.4 is 0 Å². The van der Waals surface area contributed by atoms with Gasteiger partial charge in [-0.3, -0.25) is 0 Å². The Balaban J connectivity index is 0.000000605. The number of rotatable bonds is 0. The van der Waals surface area contributed by atoms with Crippen molar-refractivity contribution in [1.82, 2.24) is 14.6 Å². The van der Waals surface area contributed by atoms with Gasteiger partial charge in [-0.15, -0.1) is 17.0 Å². The smallest absolute Gasteiger partial charge is 0.153 e. The van der Waals surface area contributed by atoms with Crippen molar-refractivity contribution in [3.05, 3.63) is 29.1 Å². The molecule has 2 heterocycles. The van der Waals surface area contributed by atoms with Gasteiger partial charge in [-0.2, -0.15) is 5.10 Å². The number of aromatic nitrogens is 3. The average molecular weight is 279 g/mol. The van der Waals surface area contributed by atoms with Gasteiger partial charge in [0.2, 0.25) is 0 Å². The Morgan fingerprint density at radius 3 is 3.00 bits per heavy atom. The van der Waals surface area contributed by atoms with Crippen LogP contribution >= 0.6 is 32.9 Å². The molecule has 0 amide bonds.